The van der Waals surface area contributed by atoms with E-state index in [2.05, 4.69) is 9.97 Å². The average molecular weight is 356 g/mol. The third-order valence-corrected chi connectivity index (χ3v) is 4.97. The second-order valence-corrected chi connectivity index (χ2v) is 6.69. The number of nitrogens with two attached hydrogens (primary N) is 1. The van der Waals surface area contributed by atoms with Gasteiger partial charge in [0.1, 0.15) is 41.7 Å². The molecule has 1 fully saturated rings. The second kappa shape index (κ2) is 6.03. The number of hydrogen-bond acceptors (Lipinski definition) is 7. The molecule has 0 aliphatic carbocycles. The van der Waals surface area contributed by atoms with Crippen LogP contribution in [0.3, 0.4) is 0 Å². The van der Waals surface area contributed by atoms with Gasteiger partial charge in [-0.3, -0.25) is 0 Å². The standard InChI is InChI=1S/C18H20N4O4/c1-18(25)13(24)17(22-8-7-11-15(19)20-9-21-16(11)22)26-14(18)12(23)10-5-3-2-4-6-10/h2-9,12-14,17,23-25H,1H3,(H2,19,20,21)/t12?,13-,14+,17+,18-/m0/s1. The van der Waals surface area contributed by atoms with Gasteiger partial charge in [0.25, 0.3) is 0 Å². The van der Waals surface area contributed by atoms with Crippen molar-refractivity contribution in [1.29, 1.82) is 0 Å². The predicted molar refractivity (Wildman–Crippen MR) is 93.9 cm³/mol. The fourth-order valence-electron chi connectivity index (χ4n) is 3.45. The van der Waals surface area contributed by atoms with Crippen LogP contribution in [0.5, 0.6) is 0 Å². The number of nitrogens with zero attached hydrogens (tertiary/aromatic N) is 3. The van der Waals surface area contributed by atoms with E-state index < -0.39 is 30.1 Å². The van der Waals surface area contributed by atoms with Gasteiger partial charge in [0.2, 0.25) is 0 Å². The zero-order chi connectivity index (χ0) is 18.5. The van der Waals surface area contributed by atoms with Crippen molar-refractivity contribution in [2.75, 3.05) is 5.73 Å². The molecule has 1 aliphatic rings. The Morgan fingerprint density at radius 2 is 1.96 bits per heavy atom. The Morgan fingerprint density at radius 1 is 1.23 bits per heavy atom. The lowest BCUT2D eigenvalue weighted by atomic mass is 9.88. The first kappa shape index (κ1) is 16.9. The van der Waals surface area contributed by atoms with E-state index in [1.54, 1.807) is 41.1 Å². The van der Waals surface area contributed by atoms with Crippen molar-refractivity contribution in [1.82, 2.24) is 14.5 Å². The fourth-order valence-corrected chi connectivity index (χ4v) is 3.45. The summed E-state index contributed by atoms with van der Waals surface area (Å²) in [5.74, 6) is 0.314. The van der Waals surface area contributed by atoms with Gasteiger partial charge in [-0.05, 0) is 18.6 Å². The molecule has 26 heavy (non-hydrogen) atoms. The van der Waals surface area contributed by atoms with Crippen molar-refractivity contribution < 1.29 is 20.1 Å². The van der Waals surface area contributed by atoms with Crippen LogP contribution in [0.1, 0.15) is 24.8 Å². The van der Waals surface area contributed by atoms with Crippen molar-refractivity contribution in [2.24, 2.45) is 0 Å². The molecule has 0 spiro atoms. The zero-order valence-electron chi connectivity index (χ0n) is 14.1. The quantitative estimate of drug-likeness (QED) is 0.545. The molecule has 2 aromatic heterocycles. The van der Waals surface area contributed by atoms with Crippen molar-refractivity contribution in [2.45, 2.75) is 37.1 Å². The number of aliphatic hydroxyl groups excluding tert-OH is 2. The van der Waals surface area contributed by atoms with Crippen LogP contribution in [0.4, 0.5) is 5.82 Å². The maximum absolute atomic E-state index is 10.8. The van der Waals surface area contributed by atoms with Gasteiger partial charge in [0.15, 0.2) is 6.23 Å². The number of benzene rings is 1. The minimum atomic E-state index is -1.67. The highest BCUT2D eigenvalue weighted by Gasteiger charge is 2.55. The summed E-state index contributed by atoms with van der Waals surface area (Å²) in [4.78, 5) is 8.13. The lowest BCUT2D eigenvalue weighted by Crippen LogP contribution is -2.47. The van der Waals surface area contributed by atoms with Gasteiger partial charge in [-0.15, -0.1) is 0 Å². The van der Waals surface area contributed by atoms with Crippen LogP contribution in [-0.4, -0.2) is 47.7 Å². The Morgan fingerprint density at radius 3 is 2.69 bits per heavy atom. The summed E-state index contributed by atoms with van der Waals surface area (Å²) in [6, 6.07) is 10.6. The van der Waals surface area contributed by atoms with Crippen LogP contribution in [0.25, 0.3) is 11.0 Å². The summed E-state index contributed by atoms with van der Waals surface area (Å²) in [6.45, 7) is 1.45. The SMILES string of the molecule is C[C@@]1(O)[C@@H](C(O)c2ccccc2)O[C@@H](n2ccc3c(N)ncnc32)[C@@H]1O. The Kier molecular flexibility index (Phi) is 3.92. The van der Waals surface area contributed by atoms with Crippen LogP contribution in [-0.2, 0) is 4.74 Å². The van der Waals surface area contributed by atoms with E-state index in [0.717, 1.165) is 0 Å². The number of aliphatic hydroxyl groups is 3. The van der Waals surface area contributed by atoms with Crippen LogP contribution in [0.2, 0.25) is 0 Å². The number of rotatable bonds is 3. The third kappa shape index (κ3) is 2.46. The van der Waals surface area contributed by atoms with E-state index in [9.17, 15) is 15.3 Å². The minimum Gasteiger partial charge on any atom is -0.386 e. The highest BCUT2D eigenvalue weighted by Crippen LogP contribution is 2.43. The molecule has 0 bridgehead atoms. The Hall–Kier alpha value is -2.52. The largest absolute Gasteiger partial charge is 0.386 e. The first-order valence-corrected chi connectivity index (χ1v) is 8.27. The molecule has 0 saturated carbocycles. The Labute approximate surface area is 149 Å². The van der Waals surface area contributed by atoms with Crippen molar-refractivity contribution in [3.8, 4) is 0 Å². The molecule has 1 aliphatic heterocycles. The van der Waals surface area contributed by atoms with E-state index in [0.29, 0.717) is 22.4 Å². The van der Waals surface area contributed by atoms with Crippen LogP contribution < -0.4 is 5.73 Å². The number of nitrogen functional groups attached to an aromatic ring is 1. The van der Waals surface area contributed by atoms with Gasteiger partial charge >= 0.3 is 0 Å². The highest BCUT2D eigenvalue weighted by molar-refractivity contribution is 5.86. The number of fused-ring (bicyclic) bond motifs is 1. The molecule has 136 valence electrons. The van der Waals surface area contributed by atoms with E-state index in [-0.39, 0.29) is 0 Å². The summed E-state index contributed by atoms with van der Waals surface area (Å²) in [6.07, 6.45) is -1.35. The number of anilines is 1. The fraction of sp³-hybridized carbons (Fsp3) is 0.333. The van der Waals surface area contributed by atoms with Crippen molar-refractivity contribution in [3.63, 3.8) is 0 Å². The van der Waals surface area contributed by atoms with Gasteiger partial charge in [-0.2, -0.15) is 0 Å². The Balaban J connectivity index is 1.72. The monoisotopic (exact) mass is 356 g/mol. The molecule has 5 N–H and O–H groups in total. The predicted octanol–water partition coefficient (Wildman–Crippen LogP) is 0.756. The summed E-state index contributed by atoms with van der Waals surface area (Å²) >= 11 is 0. The molecule has 0 radical (unpaired) electrons. The van der Waals surface area contributed by atoms with E-state index >= 15 is 0 Å². The number of hydrogen-bond donors (Lipinski definition) is 4. The van der Waals surface area contributed by atoms with Crippen molar-refractivity contribution in [3.05, 3.63) is 54.5 Å². The van der Waals surface area contributed by atoms with Crippen molar-refractivity contribution >= 4 is 16.9 Å². The van der Waals surface area contributed by atoms with Crippen LogP contribution in [0.15, 0.2) is 48.9 Å². The molecule has 8 heteroatoms. The maximum atomic E-state index is 10.8. The summed E-state index contributed by atoms with van der Waals surface area (Å²) < 4.78 is 7.50. The lowest BCUT2D eigenvalue weighted by Gasteiger charge is -2.29. The molecule has 5 atom stereocenters. The minimum absolute atomic E-state index is 0.314. The topological polar surface area (TPSA) is 127 Å². The molecule has 1 unspecified atom stereocenters. The normalized spacial score (nSPS) is 29.9. The zero-order valence-corrected chi connectivity index (χ0v) is 14.1. The molecule has 3 heterocycles. The van der Waals surface area contributed by atoms with Gasteiger partial charge in [-0.1, -0.05) is 30.3 Å². The van der Waals surface area contributed by atoms with E-state index in [1.807, 2.05) is 6.07 Å². The molecule has 1 saturated heterocycles. The highest BCUT2D eigenvalue weighted by atomic mass is 16.6. The summed E-state index contributed by atoms with van der Waals surface area (Å²) in [5, 5.41) is 32.9. The van der Waals surface area contributed by atoms with Gasteiger partial charge < -0.3 is 30.4 Å². The average Bonchev–Trinajstić information content (AvgIpc) is 3.16. The molecular weight excluding hydrogens is 336 g/mol. The summed E-state index contributed by atoms with van der Waals surface area (Å²) in [5.41, 5.74) is 5.25. The lowest BCUT2D eigenvalue weighted by molar-refractivity contribution is -0.115. The van der Waals surface area contributed by atoms with Gasteiger partial charge in [0, 0.05) is 6.20 Å². The first-order valence-electron chi connectivity index (χ1n) is 8.27. The third-order valence-electron chi connectivity index (χ3n) is 4.97. The first-order chi connectivity index (χ1) is 12.4. The number of ether oxygens (including phenoxy) is 1. The molecule has 0 amide bonds. The second-order valence-electron chi connectivity index (χ2n) is 6.69. The van der Waals surface area contributed by atoms with E-state index in [4.69, 9.17) is 10.5 Å². The Bertz CT molecular complexity index is 927. The van der Waals surface area contributed by atoms with Gasteiger partial charge in [0.05, 0.1) is 5.39 Å². The smallest absolute Gasteiger partial charge is 0.164 e. The molecular formula is C18H20N4O4. The molecule has 4 rings (SSSR count). The van der Waals surface area contributed by atoms with Crippen LogP contribution >= 0.6 is 0 Å². The molecule has 8 nitrogen and oxygen atoms in total. The van der Waals surface area contributed by atoms with Gasteiger partial charge in [-0.25, -0.2) is 9.97 Å². The number of aromatic nitrogens is 3. The van der Waals surface area contributed by atoms with Crippen LogP contribution in [0, 0.1) is 0 Å². The summed E-state index contributed by atoms with van der Waals surface area (Å²) in [7, 11) is 0. The maximum Gasteiger partial charge on any atom is 0.164 e. The molecule has 3 aromatic rings. The van der Waals surface area contributed by atoms with E-state index in [1.165, 1.54) is 13.3 Å². The molecule has 1 aromatic carbocycles.